The monoisotopic (exact) mass is 336 g/mol. The first-order chi connectivity index (χ1) is 11.3. The quantitative estimate of drug-likeness (QED) is 0.876. The van der Waals surface area contributed by atoms with Crippen LogP contribution in [0.2, 0.25) is 0 Å². The second-order valence-corrected chi connectivity index (χ2v) is 5.50. The molecule has 7 heteroatoms. The van der Waals surface area contributed by atoms with Gasteiger partial charge in [-0.2, -0.15) is 13.2 Å². The zero-order valence-electron chi connectivity index (χ0n) is 12.7. The van der Waals surface area contributed by atoms with E-state index in [2.05, 4.69) is 0 Å². The van der Waals surface area contributed by atoms with Crippen LogP contribution in [0.4, 0.5) is 18.9 Å². The first kappa shape index (κ1) is 16.3. The van der Waals surface area contributed by atoms with Crippen LogP contribution in [-0.4, -0.2) is 19.1 Å². The van der Waals surface area contributed by atoms with Crippen LogP contribution in [0.1, 0.15) is 17.2 Å². The van der Waals surface area contributed by atoms with Crippen molar-refractivity contribution >= 4 is 11.6 Å². The lowest BCUT2D eigenvalue weighted by Gasteiger charge is -2.45. The number of carbonyl (C=O) groups excluding carboxylic acids is 1. The second kappa shape index (κ2) is 5.83. The van der Waals surface area contributed by atoms with Crippen LogP contribution in [0.5, 0.6) is 5.75 Å². The number of carbonyl (C=O) groups is 1. The molecule has 0 aliphatic carbocycles. The number of methoxy groups -OCH3 is 1. The standard InChI is InChI=1S/C17H15F3N2O2/c1-24-13-8-2-10(3-9-13)15-14(21)16(23)22(15)12-6-4-11(5-7-12)17(18,19)20/h2-9,14-15H,21H2,1H3/t14-,15-/m0/s1. The topological polar surface area (TPSA) is 55.6 Å². The Morgan fingerprint density at radius 2 is 1.62 bits per heavy atom. The third kappa shape index (κ3) is 2.71. The Morgan fingerprint density at radius 1 is 1.04 bits per heavy atom. The van der Waals surface area contributed by atoms with Gasteiger partial charge in [0.15, 0.2) is 0 Å². The molecule has 0 saturated carbocycles. The van der Waals surface area contributed by atoms with E-state index in [0.717, 1.165) is 17.7 Å². The molecule has 126 valence electrons. The molecule has 2 aromatic rings. The maximum atomic E-state index is 12.7. The number of hydrogen-bond acceptors (Lipinski definition) is 3. The lowest BCUT2D eigenvalue weighted by molar-refractivity contribution is -0.137. The Bertz CT molecular complexity index is 742. The molecule has 1 amide bonds. The Hall–Kier alpha value is -2.54. The largest absolute Gasteiger partial charge is 0.497 e. The molecule has 24 heavy (non-hydrogen) atoms. The normalized spacial score (nSPS) is 20.7. The van der Waals surface area contributed by atoms with Crippen molar-refractivity contribution in [1.29, 1.82) is 0 Å². The minimum absolute atomic E-state index is 0.324. The summed E-state index contributed by atoms with van der Waals surface area (Å²) in [6, 6.07) is 10.4. The molecule has 1 fully saturated rings. The van der Waals surface area contributed by atoms with E-state index < -0.39 is 23.8 Å². The fraction of sp³-hybridized carbons (Fsp3) is 0.235. The third-order valence-electron chi connectivity index (χ3n) is 4.07. The summed E-state index contributed by atoms with van der Waals surface area (Å²) in [5.41, 5.74) is 6.31. The molecule has 0 bridgehead atoms. The molecule has 1 aliphatic heterocycles. The van der Waals surface area contributed by atoms with Crippen LogP contribution in [0.3, 0.4) is 0 Å². The van der Waals surface area contributed by atoms with Gasteiger partial charge in [-0.25, -0.2) is 0 Å². The van der Waals surface area contributed by atoms with Gasteiger partial charge in [-0.1, -0.05) is 12.1 Å². The molecule has 4 nitrogen and oxygen atoms in total. The summed E-state index contributed by atoms with van der Waals surface area (Å²) in [6.45, 7) is 0. The zero-order chi connectivity index (χ0) is 17.5. The Morgan fingerprint density at radius 3 is 2.12 bits per heavy atom. The van der Waals surface area contributed by atoms with Crippen molar-refractivity contribution < 1.29 is 22.7 Å². The van der Waals surface area contributed by atoms with Gasteiger partial charge in [0.1, 0.15) is 11.8 Å². The number of anilines is 1. The molecule has 1 saturated heterocycles. The fourth-order valence-corrected chi connectivity index (χ4v) is 2.77. The Kier molecular flexibility index (Phi) is 3.96. The number of rotatable bonds is 3. The SMILES string of the molecule is COc1ccc([C@H]2[C@H](N)C(=O)N2c2ccc(C(F)(F)F)cc2)cc1. The van der Waals surface area contributed by atoms with Crippen molar-refractivity contribution in [3.63, 3.8) is 0 Å². The van der Waals surface area contributed by atoms with Gasteiger partial charge >= 0.3 is 6.18 Å². The highest BCUT2D eigenvalue weighted by atomic mass is 19.4. The predicted molar refractivity (Wildman–Crippen MR) is 82.6 cm³/mol. The molecule has 2 atom stereocenters. The van der Waals surface area contributed by atoms with Crippen LogP contribution in [0.15, 0.2) is 48.5 Å². The van der Waals surface area contributed by atoms with Crippen LogP contribution >= 0.6 is 0 Å². The van der Waals surface area contributed by atoms with Crippen LogP contribution in [-0.2, 0) is 11.0 Å². The van der Waals surface area contributed by atoms with Gasteiger partial charge in [-0.05, 0) is 42.0 Å². The number of nitrogens with two attached hydrogens (primary N) is 1. The van der Waals surface area contributed by atoms with Gasteiger partial charge in [0.05, 0.1) is 18.7 Å². The number of β-lactam (4-membered cyclic amide) rings is 1. The number of ether oxygens (including phenoxy) is 1. The van der Waals surface area contributed by atoms with Crippen molar-refractivity contribution in [2.24, 2.45) is 5.73 Å². The minimum Gasteiger partial charge on any atom is -0.497 e. The van der Waals surface area contributed by atoms with Crippen molar-refractivity contribution in [2.45, 2.75) is 18.3 Å². The van der Waals surface area contributed by atoms with E-state index in [0.29, 0.717) is 11.4 Å². The van der Waals surface area contributed by atoms with Crippen molar-refractivity contribution in [3.8, 4) is 5.75 Å². The summed E-state index contributed by atoms with van der Waals surface area (Å²) in [5.74, 6) is 0.342. The summed E-state index contributed by atoms with van der Waals surface area (Å²) in [4.78, 5) is 13.5. The number of alkyl halides is 3. The maximum absolute atomic E-state index is 12.7. The van der Waals surface area contributed by atoms with Gasteiger partial charge < -0.3 is 15.4 Å². The molecule has 2 N–H and O–H groups in total. The highest BCUT2D eigenvalue weighted by Gasteiger charge is 2.46. The molecular weight excluding hydrogens is 321 g/mol. The summed E-state index contributed by atoms with van der Waals surface area (Å²) < 4.78 is 43.1. The van der Waals surface area contributed by atoms with E-state index in [1.165, 1.54) is 17.0 Å². The lowest BCUT2D eigenvalue weighted by atomic mass is 9.88. The highest BCUT2D eigenvalue weighted by molar-refractivity contribution is 6.05. The Balaban J connectivity index is 1.89. The van der Waals surface area contributed by atoms with Crippen molar-refractivity contribution in [3.05, 3.63) is 59.7 Å². The smallest absolute Gasteiger partial charge is 0.416 e. The summed E-state index contributed by atoms with van der Waals surface area (Å²) in [7, 11) is 1.54. The molecule has 3 rings (SSSR count). The average Bonchev–Trinajstić information content (AvgIpc) is 2.58. The van der Waals surface area contributed by atoms with E-state index in [-0.39, 0.29) is 5.91 Å². The fourth-order valence-electron chi connectivity index (χ4n) is 2.77. The molecule has 0 spiro atoms. The average molecular weight is 336 g/mol. The molecular formula is C17H15F3N2O2. The van der Waals surface area contributed by atoms with Crippen molar-refractivity contribution in [1.82, 2.24) is 0 Å². The minimum atomic E-state index is -4.41. The van der Waals surface area contributed by atoms with Gasteiger partial charge in [0.2, 0.25) is 5.91 Å². The first-order valence-electron chi connectivity index (χ1n) is 7.23. The van der Waals surface area contributed by atoms with E-state index in [1.54, 1.807) is 31.4 Å². The van der Waals surface area contributed by atoms with E-state index in [1.807, 2.05) is 0 Å². The molecule has 0 aromatic heterocycles. The first-order valence-corrected chi connectivity index (χ1v) is 7.23. The Labute approximate surface area is 136 Å². The molecule has 2 aromatic carbocycles. The predicted octanol–water partition coefficient (Wildman–Crippen LogP) is 3.13. The summed E-state index contributed by atoms with van der Waals surface area (Å²) in [5, 5.41) is 0. The zero-order valence-corrected chi connectivity index (χ0v) is 12.7. The number of benzene rings is 2. The van der Waals surface area contributed by atoms with Crippen LogP contribution in [0.25, 0.3) is 0 Å². The second-order valence-electron chi connectivity index (χ2n) is 5.50. The van der Waals surface area contributed by atoms with Gasteiger partial charge in [-0.3, -0.25) is 4.79 Å². The van der Waals surface area contributed by atoms with Crippen LogP contribution < -0.4 is 15.4 Å². The summed E-state index contributed by atoms with van der Waals surface area (Å²) in [6.07, 6.45) is -4.41. The highest BCUT2D eigenvalue weighted by Crippen LogP contribution is 2.39. The molecule has 1 heterocycles. The van der Waals surface area contributed by atoms with Crippen LogP contribution in [0, 0.1) is 0 Å². The van der Waals surface area contributed by atoms with E-state index in [4.69, 9.17) is 10.5 Å². The number of hydrogen-bond donors (Lipinski definition) is 1. The van der Waals surface area contributed by atoms with Gasteiger partial charge in [0.25, 0.3) is 0 Å². The van der Waals surface area contributed by atoms with Crippen molar-refractivity contribution in [2.75, 3.05) is 12.0 Å². The van der Waals surface area contributed by atoms with E-state index in [9.17, 15) is 18.0 Å². The maximum Gasteiger partial charge on any atom is 0.416 e. The summed E-state index contributed by atoms with van der Waals surface area (Å²) >= 11 is 0. The molecule has 0 unspecified atom stereocenters. The van der Waals surface area contributed by atoms with E-state index >= 15 is 0 Å². The van der Waals surface area contributed by atoms with Gasteiger partial charge in [0, 0.05) is 5.69 Å². The number of halogens is 3. The lowest BCUT2D eigenvalue weighted by Crippen LogP contribution is -2.63. The molecule has 1 aliphatic rings. The van der Waals surface area contributed by atoms with Gasteiger partial charge in [-0.15, -0.1) is 0 Å². The molecule has 0 radical (unpaired) electrons. The third-order valence-corrected chi connectivity index (χ3v) is 4.07. The number of amides is 1. The number of nitrogens with zero attached hydrogens (tertiary/aromatic N) is 1.